The summed E-state index contributed by atoms with van der Waals surface area (Å²) >= 11 is 6.05. The average Bonchev–Trinajstić information content (AvgIpc) is 3.38. The number of alkyl halides is 7. The Morgan fingerprint density at radius 1 is 0.955 bits per heavy atom. The largest absolute Gasteiger partial charge is 0.435 e. The van der Waals surface area contributed by atoms with Gasteiger partial charge in [0.05, 0.1) is 12.3 Å². The monoisotopic (exact) mass is 643 g/mol. The lowest BCUT2D eigenvalue weighted by atomic mass is 9.85. The molecule has 1 atom stereocenters. The first-order valence-corrected chi connectivity index (χ1v) is 13.4. The van der Waals surface area contributed by atoms with Crippen LogP contribution in [0.2, 0.25) is 5.02 Å². The molecule has 0 aromatic heterocycles. The van der Waals surface area contributed by atoms with E-state index in [9.17, 15) is 40.3 Å². The standard InChI is InChI=1S/C30H25ClF7N3O3/c1-27(2,32)18-11-19(13-20(31)12-18)28(30(36,37)38)14-21(41-44-28)9-7-17-8-10-24(23-6-4-3-5-22(17)23)26(43)39-15-25(42)40-16-29(33,34)35/h3-13H,14-16H2,1-2H3,(H,39,43)(H,40,42)/b9-7+. The van der Waals surface area contributed by atoms with Gasteiger partial charge in [-0.25, -0.2) is 4.39 Å². The first kappa shape index (κ1) is 32.8. The third-order valence-electron chi connectivity index (χ3n) is 6.81. The minimum absolute atomic E-state index is 0.0613. The second-order valence-corrected chi connectivity index (χ2v) is 11.0. The van der Waals surface area contributed by atoms with E-state index in [-0.39, 0.29) is 21.9 Å². The molecule has 14 heteroatoms. The number of nitrogens with zero attached hydrogens (tertiary/aromatic N) is 1. The fourth-order valence-electron chi connectivity index (χ4n) is 4.55. The molecule has 1 unspecified atom stereocenters. The van der Waals surface area contributed by atoms with Crippen molar-refractivity contribution in [2.75, 3.05) is 13.1 Å². The van der Waals surface area contributed by atoms with Crippen LogP contribution in [-0.4, -0.2) is 43.0 Å². The van der Waals surface area contributed by atoms with Crippen LogP contribution < -0.4 is 10.6 Å². The summed E-state index contributed by atoms with van der Waals surface area (Å²) in [5.74, 6) is -1.75. The number of allylic oxidation sites excluding steroid dienone is 1. The molecule has 3 aromatic carbocycles. The van der Waals surface area contributed by atoms with Gasteiger partial charge in [-0.1, -0.05) is 53.2 Å². The Kier molecular flexibility index (Phi) is 9.01. The molecular formula is C30H25ClF7N3O3. The maximum absolute atomic E-state index is 14.6. The number of oxime groups is 1. The third kappa shape index (κ3) is 7.32. The van der Waals surface area contributed by atoms with Crippen molar-refractivity contribution in [1.29, 1.82) is 0 Å². The summed E-state index contributed by atoms with van der Waals surface area (Å²) in [6.45, 7) is 0.152. The molecule has 0 aliphatic carbocycles. The van der Waals surface area contributed by atoms with Crippen LogP contribution in [0, 0.1) is 0 Å². The molecule has 0 spiro atoms. The van der Waals surface area contributed by atoms with Gasteiger partial charge in [-0.3, -0.25) is 9.59 Å². The highest BCUT2D eigenvalue weighted by Crippen LogP contribution is 2.49. The summed E-state index contributed by atoms with van der Waals surface area (Å²) in [4.78, 5) is 29.4. The van der Waals surface area contributed by atoms with Crippen LogP contribution in [0.5, 0.6) is 0 Å². The van der Waals surface area contributed by atoms with Crippen molar-refractivity contribution < 1.29 is 45.2 Å². The maximum Gasteiger partial charge on any atom is 0.435 e. The zero-order chi connectivity index (χ0) is 32.5. The molecule has 1 aliphatic rings. The predicted octanol–water partition coefficient (Wildman–Crippen LogP) is 7.35. The van der Waals surface area contributed by atoms with Crippen LogP contribution in [0.4, 0.5) is 30.7 Å². The van der Waals surface area contributed by atoms with Gasteiger partial charge in [-0.05, 0) is 66.1 Å². The van der Waals surface area contributed by atoms with E-state index in [0.29, 0.717) is 16.3 Å². The lowest BCUT2D eigenvalue weighted by Gasteiger charge is -2.30. The molecule has 0 saturated heterocycles. The summed E-state index contributed by atoms with van der Waals surface area (Å²) < 4.78 is 94.9. The molecule has 3 aromatic rings. The molecule has 0 saturated carbocycles. The van der Waals surface area contributed by atoms with Crippen molar-refractivity contribution in [2.24, 2.45) is 5.16 Å². The van der Waals surface area contributed by atoms with Crippen molar-refractivity contribution in [1.82, 2.24) is 10.6 Å². The predicted molar refractivity (Wildman–Crippen MR) is 151 cm³/mol. The van der Waals surface area contributed by atoms with Crippen LogP contribution >= 0.6 is 11.6 Å². The lowest BCUT2D eigenvalue weighted by molar-refractivity contribution is -0.275. The van der Waals surface area contributed by atoms with Crippen LogP contribution in [0.3, 0.4) is 0 Å². The number of carbonyl (C=O) groups excluding carboxylic acids is 2. The number of benzene rings is 3. The molecule has 1 aliphatic heterocycles. The third-order valence-corrected chi connectivity index (χ3v) is 7.03. The number of halogens is 8. The number of fused-ring (bicyclic) bond motifs is 1. The number of hydrogen-bond donors (Lipinski definition) is 2. The number of amides is 2. The second-order valence-electron chi connectivity index (χ2n) is 10.5. The van der Waals surface area contributed by atoms with Gasteiger partial charge in [0, 0.05) is 22.6 Å². The van der Waals surface area contributed by atoms with Crippen LogP contribution in [0.1, 0.15) is 47.3 Å². The van der Waals surface area contributed by atoms with E-state index in [2.05, 4.69) is 10.5 Å². The van der Waals surface area contributed by atoms with E-state index in [1.807, 2.05) is 0 Å². The summed E-state index contributed by atoms with van der Waals surface area (Å²) in [6.07, 6.45) is -7.47. The van der Waals surface area contributed by atoms with E-state index in [1.54, 1.807) is 29.6 Å². The summed E-state index contributed by atoms with van der Waals surface area (Å²) in [7, 11) is 0. The lowest BCUT2D eigenvalue weighted by Crippen LogP contribution is -2.42. The normalized spacial score (nSPS) is 17.5. The van der Waals surface area contributed by atoms with Gasteiger partial charge < -0.3 is 15.5 Å². The molecule has 0 bridgehead atoms. The smallest absolute Gasteiger partial charge is 0.374 e. The number of nitrogens with one attached hydrogen (secondary N) is 2. The number of carbonyl (C=O) groups is 2. The Hall–Kier alpha value is -4.13. The molecule has 44 heavy (non-hydrogen) atoms. The van der Waals surface area contributed by atoms with Gasteiger partial charge >= 0.3 is 12.4 Å². The van der Waals surface area contributed by atoms with Crippen molar-refractivity contribution >= 4 is 46.0 Å². The fraction of sp³-hybridized carbons (Fsp3) is 0.300. The van der Waals surface area contributed by atoms with E-state index in [4.69, 9.17) is 16.4 Å². The number of rotatable bonds is 8. The minimum Gasteiger partial charge on any atom is -0.374 e. The molecule has 4 rings (SSSR count). The number of hydrogen-bond acceptors (Lipinski definition) is 4. The zero-order valence-electron chi connectivity index (χ0n) is 23.2. The Morgan fingerprint density at radius 3 is 2.27 bits per heavy atom. The van der Waals surface area contributed by atoms with E-state index < -0.39 is 60.5 Å². The maximum atomic E-state index is 14.6. The van der Waals surface area contributed by atoms with Gasteiger partial charge in [-0.2, -0.15) is 26.3 Å². The van der Waals surface area contributed by atoms with Crippen LogP contribution in [0.25, 0.3) is 16.8 Å². The van der Waals surface area contributed by atoms with Gasteiger partial charge in [-0.15, -0.1) is 0 Å². The highest BCUT2D eigenvalue weighted by Gasteiger charge is 2.62. The van der Waals surface area contributed by atoms with Crippen LogP contribution in [-0.2, 0) is 20.9 Å². The van der Waals surface area contributed by atoms with Gasteiger partial charge in [0.25, 0.3) is 11.5 Å². The SMILES string of the molecule is CC(C)(F)c1cc(Cl)cc(C2(C(F)(F)F)CC(/C=C/c3ccc(C(=O)NCC(=O)NCC(F)(F)F)c4ccccc34)=NO2)c1. The van der Waals surface area contributed by atoms with Crippen molar-refractivity contribution in [3.63, 3.8) is 0 Å². The molecule has 2 amide bonds. The molecular weight excluding hydrogens is 619 g/mol. The summed E-state index contributed by atoms with van der Waals surface area (Å²) in [5.41, 5.74) is -4.80. The molecule has 0 radical (unpaired) electrons. The van der Waals surface area contributed by atoms with Gasteiger partial charge in [0.15, 0.2) is 0 Å². The van der Waals surface area contributed by atoms with Crippen LogP contribution in [0.15, 0.2) is 65.8 Å². The van der Waals surface area contributed by atoms with E-state index >= 15 is 0 Å². The average molecular weight is 644 g/mol. The Labute approximate surface area is 251 Å². The molecule has 6 nitrogen and oxygen atoms in total. The van der Waals surface area contributed by atoms with E-state index in [0.717, 1.165) is 12.1 Å². The quantitative estimate of drug-likeness (QED) is 0.252. The minimum atomic E-state index is -4.94. The molecule has 1 heterocycles. The Bertz CT molecular complexity index is 1650. The highest BCUT2D eigenvalue weighted by atomic mass is 35.5. The van der Waals surface area contributed by atoms with Gasteiger partial charge in [0.1, 0.15) is 12.2 Å². The topological polar surface area (TPSA) is 79.8 Å². The first-order valence-electron chi connectivity index (χ1n) is 13.0. The van der Waals surface area contributed by atoms with Crippen molar-refractivity contribution in [2.45, 2.75) is 43.9 Å². The Morgan fingerprint density at radius 2 is 1.64 bits per heavy atom. The zero-order valence-corrected chi connectivity index (χ0v) is 23.9. The Balaban J connectivity index is 1.56. The second kappa shape index (κ2) is 12.1. The van der Waals surface area contributed by atoms with E-state index in [1.165, 1.54) is 44.2 Å². The molecule has 0 fully saturated rings. The highest BCUT2D eigenvalue weighted by molar-refractivity contribution is 6.30. The van der Waals surface area contributed by atoms with Crippen molar-refractivity contribution in [3.05, 3.63) is 87.9 Å². The molecule has 2 N–H and O–H groups in total. The first-order chi connectivity index (χ1) is 20.4. The van der Waals surface area contributed by atoms with Crippen molar-refractivity contribution in [3.8, 4) is 0 Å². The fourth-order valence-corrected chi connectivity index (χ4v) is 4.79. The van der Waals surface area contributed by atoms with Gasteiger partial charge in [0.2, 0.25) is 5.91 Å². The summed E-state index contributed by atoms with van der Waals surface area (Å²) in [5, 5.41) is 8.42. The molecule has 234 valence electrons. The summed E-state index contributed by atoms with van der Waals surface area (Å²) in [6, 6.07) is 12.8.